The van der Waals surface area contributed by atoms with E-state index >= 15 is 0 Å². The number of likely N-dealkylation sites (tertiary alicyclic amines) is 1. The molecule has 0 unspecified atom stereocenters. The Morgan fingerprint density at radius 1 is 1.08 bits per heavy atom. The second-order valence-corrected chi connectivity index (χ2v) is 9.95. The van der Waals surface area contributed by atoms with Crippen LogP contribution in [0.4, 0.5) is 0 Å². The predicted molar refractivity (Wildman–Crippen MR) is 137 cm³/mol. The van der Waals surface area contributed by atoms with Crippen LogP contribution in [-0.4, -0.2) is 81.8 Å². The zero-order valence-corrected chi connectivity index (χ0v) is 21.2. The molecule has 2 aromatic heterocycles. The molecule has 0 spiro atoms. The van der Waals surface area contributed by atoms with Crippen LogP contribution in [0.5, 0.6) is 0 Å². The smallest absolute Gasteiger partial charge is 0.289 e. The van der Waals surface area contributed by atoms with Gasteiger partial charge in [0.25, 0.3) is 5.91 Å². The molecule has 190 valence electrons. The summed E-state index contributed by atoms with van der Waals surface area (Å²) in [6.07, 6.45) is 10.5. The van der Waals surface area contributed by atoms with Crippen molar-refractivity contribution in [2.24, 2.45) is 0 Å². The van der Waals surface area contributed by atoms with Crippen molar-refractivity contribution in [1.82, 2.24) is 29.7 Å². The fourth-order valence-corrected chi connectivity index (χ4v) is 5.10. The van der Waals surface area contributed by atoms with Gasteiger partial charge in [-0.15, -0.1) is 5.10 Å². The van der Waals surface area contributed by atoms with Gasteiger partial charge >= 0.3 is 0 Å². The molecule has 2 amide bonds. The number of benzene rings is 1. The van der Waals surface area contributed by atoms with E-state index < -0.39 is 0 Å². The third-order valence-electron chi connectivity index (χ3n) is 7.05. The lowest BCUT2D eigenvalue weighted by Gasteiger charge is -2.29. The topological polar surface area (TPSA) is 87.7 Å². The molecule has 0 bridgehead atoms. The SMILES string of the molecule is CN(C)C(=O)c1cc2cc(C3=CCCN(C(=O)CCn4ccnn4)C3)cc(CN3CCCCC3)c2o1. The Morgan fingerprint density at radius 3 is 2.67 bits per heavy atom. The van der Waals surface area contributed by atoms with Gasteiger partial charge in [0.15, 0.2) is 5.76 Å². The van der Waals surface area contributed by atoms with Crippen LogP contribution in [0.15, 0.2) is 41.1 Å². The molecule has 1 aromatic carbocycles. The molecule has 0 aliphatic carbocycles. The Bertz CT molecular complexity index is 1250. The molecule has 36 heavy (non-hydrogen) atoms. The summed E-state index contributed by atoms with van der Waals surface area (Å²) >= 11 is 0. The lowest BCUT2D eigenvalue weighted by atomic mass is 9.96. The average Bonchev–Trinajstić information content (AvgIpc) is 3.57. The Kier molecular flexibility index (Phi) is 7.18. The number of hydrogen-bond acceptors (Lipinski definition) is 6. The summed E-state index contributed by atoms with van der Waals surface area (Å²) in [5.41, 5.74) is 4.11. The molecule has 5 rings (SSSR count). The van der Waals surface area contributed by atoms with Gasteiger partial charge in [-0.3, -0.25) is 19.2 Å². The van der Waals surface area contributed by atoms with Crippen LogP contribution in [0.1, 0.15) is 53.8 Å². The Labute approximate surface area is 211 Å². The number of furan rings is 1. The normalized spacial score (nSPS) is 16.8. The molecule has 9 nitrogen and oxygen atoms in total. The Hall–Kier alpha value is -3.46. The van der Waals surface area contributed by atoms with Gasteiger partial charge in [0.05, 0.1) is 12.7 Å². The van der Waals surface area contributed by atoms with Crippen molar-refractivity contribution in [3.8, 4) is 0 Å². The Balaban J connectivity index is 1.40. The van der Waals surface area contributed by atoms with Crippen LogP contribution in [0, 0.1) is 0 Å². The lowest BCUT2D eigenvalue weighted by Crippen LogP contribution is -2.36. The first-order chi connectivity index (χ1) is 17.5. The van der Waals surface area contributed by atoms with E-state index in [1.807, 2.05) is 11.0 Å². The van der Waals surface area contributed by atoms with E-state index in [-0.39, 0.29) is 11.8 Å². The zero-order valence-electron chi connectivity index (χ0n) is 21.2. The minimum atomic E-state index is -0.141. The van der Waals surface area contributed by atoms with E-state index in [0.717, 1.165) is 60.3 Å². The lowest BCUT2D eigenvalue weighted by molar-refractivity contribution is -0.131. The number of nitrogens with zero attached hydrogens (tertiary/aromatic N) is 6. The van der Waals surface area contributed by atoms with Crippen LogP contribution in [0.25, 0.3) is 16.5 Å². The van der Waals surface area contributed by atoms with Crippen LogP contribution >= 0.6 is 0 Å². The van der Waals surface area contributed by atoms with Gasteiger partial charge in [0.1, 0.15) is 5.58 Å². The minimum absolute atomic E-state index is 0.118. The molecule has 2 aliphatic heterocycles. The van der Waals surface area contributed by atoms with E-state index in [1.54, 1.807) is 31.2 Å². The van der Waals surface area contributed by atoms with Gasteiger partial charge in [-0.25, -0.2) is 0 Å². The number of rotatable bonds is 7. The fraction of sp³-hybridized carbons (Fsp3) is 0.481. The van der Waals surface area contributed by atoms with E-state index in [1.165, 1.54) is 24.2 Å². The summed E-state index contributed by atoms with van der Waals surface area (Å²) in [7, 11) is 3.47. The minimum Gasteiger partial charge on any atom is -0.451 e. The maximum atomic E-state index is 12.9. The van der Waals surface area contributed by atoms with Crippen molar-refractivity contribution in [2.75, 3.05) is 40.3 Å². The fourth-order valence-electron chi connectivity index (χ4n) is 5.10. The molecule has 9 heteroatoms. The second-order valence-electron chi connectivity index (χ2n) is 9.95. The molecule has 1 fully saturated rings. The average molecular weight is 491 g/mol. The standard InChI is InChI=1S/C27H34N6O3/c1-30(2)27(35)24-17-22-15-21(16-23(26(22)36-24)18-31-10-4-3-5-11-31)20-7-6-12-32(19-20)25(34)8-13-33-14-9-28-29-33/h7,9,14-17H,3-6,8,10-13,18-19H2,1-2H3. The van der Waals surface area contributed by atoms with Crippen molar-refractivity contribution in [3.63, 3.8) is 0 Å². The van der Waals surface area contributed by atoms with Crippen LogP contribution < -0.4 is 0 Å². The molecule has 0 radical (unpaired) electrons. The maximum Gasteiger partial charge on any atom is 0.289 e. The summed E-state index contributed by atoms with van der Waals surface area (Å²) in [6, 6.07) is 6.14. The van der Waals surface area contributed by atoms with E-state index in [9.17, 15) is 9.59 Å². The summed E-state index contributed by atoms with van der Waals surface area (Å²) in [4.78, 5) is 31.5. The van der Waals surface area contributed by atoms with E-state index in [4.69, 9.17) is 4.42 Å². The molecular formula is C27H34N6O3. The summed E-state index contributed by atoms with van der Waals surface area (Å²) in [6.45, 7) is 4.76. The summed E-state index contributed by atoms with van der Waals surface area (Å²) in [5, 5.41) is 8.69. The van der Waals surface area contributed by atoms with Gasteiger partial charge < -0.3 is 14.2 Å². The largest absolute Gasteiger partial charge is 0.451 e. The molecule has 0 saturated carbocycles. The molecule has 0 atom stereocenters. The highest BCUT2D eigenvalue weighted by Gasteiger charge is 2.23. The predicted octanol–water partition coefficient (Wildman–Crippen LogP) is 3.42. The maximum absolute atomic E-state index is 12.9. The number of fused-ring (bicyclic) bond motifs is 1. The number of aryl methyl sites for hydroxylation is 1. The highest BCUT2D eigenvalue weighted by Crippen LogP contribution is 2.31. The van der Waals surface area contributed by atoms with Crippen molar-refractivity contribution in [2.45, 2.75) is 45.2 Å². The molecule has 0 N–H and O–H groups in total. The zero-order chi connectivity index (χ0) is 25.1. The van der Waals surface area contributed by atoms with Crippen molar-refractivity contribution >= 4 is 28.4 Å². The number of hydrogen-bond donors (Lipinski definition) is 0. The monoisotopic (exact) mass is 490 g/mol. The van der Waals surface area contributed by atoms with Gasteiger partial charge in [-0.2, -0.15) is 0 Å². The van der Waals surface area contributed by atoms with Crippen molar-refractivity contribution in [1.29, 1.82) is 0 Å². The number of aromatic nitrogens is 3. The van der Waals surface area contributed by atoms with Gasteiger partial charge in [-0.05, 0) is 61.7 Å². The summed E-state index contributed by atoms with van der Waals surface area (Å²) in [5.74, 6) is 0.334. The van der Waals surface area contributed by atoms with Crippen molar-refractivity contribution in [3.05, 3.63) is 53.6 Å². The van der Waals surface area contributed by atoms with Crippen LogP contribution in [0.3, 0.4) is 0 Å². The van der Waals surface area contributed by atoms with Crippen LogP contribution in [0.2, 0.25) is 0 Å². The third kappa shape index (κ3) is 5.36. The number of carbonyl (C=O) groups is 2. The number of piperidine rings is 1. The summed E-state index contributed by atoms with van der Waals surface area (Å²) < 4.78 is 7.80. The second kappa shape index (κ2) is 10.7. The first kappa shape index (κ1) is 24.2. The highest BCUT2D eigenvalue weighted by molar-refractivity contribution is 5.97. The molecular weight excluding hydrogens is 456 g/mol. The van der Waals surface area contributed by atoms with Gasteiger partial charge in [-0.1, -0.05) is 17.7 Å². The molecule has 3 aromatic rings. The molecule has 1 saturated heterocycles. The van der Waals surface area contributed by atoms with Crippen LogP contribution in [-0.2, 0) is 17.9 Å². The first-order valence-electron chi connectivity index (χ1n) is 12.8. The van der Waals surface area contributed by atoms with E-state index in [0.29, 0.717) is 25.3 Å². The third-order valence-corrected chi connectivity index (χ3v) is 7.05. The quantitative estimate of drug-likeness (QED) is 0.504. The van der Waals surface area contributed by atoms with Crippen molar-refractivity contribution < 1.29 is 14.0 Å². The molecule has 4 heterocycles. The molecule has 2 aliphatic rings. The van der Waals surface area contributed by atoms with Gasteiger partial charge in [0, 0.05) is 57.3 Å². The Morgan fingerprint density at radius 2 is 1.92 bits per heavy atom. The number of amides is 2. The number of carbonyl (C=O) groups excluding carboxylic acids is 2. The highest BCUT2D eigenvalue weighted by atomic mass is 16.3. The van der Waals surface area contributed by atoms with E-state index in [2.05, 4.69) is 33.4 Å². The first-order valence-corrected chi connectivity index (χ1v) is 12.8. The van der Waals surface area contributed by atoms with Gasteiger partial charge in [0.2, 0.25) is 5.91 Å².